The summed E-state index contributed by atoms with van der Waals surface area (Å²) in [5, 5.41) is 9.75. The lowest BCUT2D eigenvalue weighted by atomic mass is 10.2. The maximum Gasteiger partial charge on any atom is 0.243 e. The zero-order valence-electron chi connectivity index (χ0n) is 11.9. The molecule has 0 aliphatic heterocycles. The Balaban J connectivity index is 2.33. The second kappa shape index (κ2) is 5.75. The van der Waals surface area contributed by atoms with Crippen molar-refractivity contribution in [2.45, 2.75) is 18.4 Å². The molecule has 112 valence electrons. The van der Waals surface area contributed by atoms with Gasteiger partial charge in [-0.2, -0.15) is 4.31 Å². The summed E-state index contributed by atoms with van der Waals surface area (Å²) in [7, 11) is -2.15. The molecule has 21 heavy (non-hydrogen) atoms. The van der Waals surface area contributed by atoms with Crippen LogP contribution in [-0.4, -0.2) is 24.9 Å². The minimum absolute atomic E-state index is 0.0774. The van der Waals surface area contributed by atoms with Crippen LogP contribution in [0.5, 0.6) is 5.75 Å². The minimum Gasteiger partial charge on any atom is -0.508 e. The molecule has 2 aromatic rings. The number of phenols is 1. The van der Waals surface area contributed by atoms with Crippen molar-refractivity contribution in [2.24, 2.45) is 0 Å². The minimum atomic E-state index is -3.63. The van der Waals surface area contributed by atoms with Crippen LogP contribution in [0.2, 0.25) is 0 Å². The molecule has 0 aliphatic rings. The summed E-state index contributed by atoms with van der Waals surface area (Å²) in [5.74, 6) is 0.0774. The van der Waals surface area contributed by atoms with Gasteiger partial charge in [0.05, 0.1) is 4.90 Å². The van der Waals surface area contributed by atoms with Gasteiger partial charge in [0.2, 0.25) is 10.0 Å². The van der Waals surface area contributed by atoms with Crippen LogP contribution in [0.3, 0.4) is 0 Å². The molecule has 0 bridgehead atoms. The SMILES string of the molecule is Cc1cc(N)ccc1S(=O)(=O)N(C)Cc1ccccc1O. The molecule has 5 nitrogen and oxygen atoms in total. The second-order valence-electron chi connectivity index (χ2n) is 4.91. The Labute approximate surface area is 124 Å². The highest BCUT2D eigenvalue weighted by atomic mass is 32.2. The van der Waals surface area contributed by atoms with Gasteiger partial charge in [0.1, 0.15) is 5.75 Å². The highest BCUT2D eigenvalue weighted by Crippen LogP contribution is 2.24. The molecule has 0 saturated carbocycles. The summed E-state index contributed by atoms with van der Waals surface area (Å²) in [5.41, 5.74) is 7.32. The van der Waals surface area contributed by atoms with Crippen molar-refractivity contribution >= 4 is 15.7 Å². The lowest BCUT2D eigenvalue weighted by Gasteiger charge is -2.19. The Morgan fingerprint density at radius 2 is 1.86 bits per heavy atom. The van der Waals surface area contributed by atoms with Gasteiger partial charge in [-0.25, -0.2) is 8.42 Å². The molecule has 0 radical (unpaired) electrons. The van der Waals surface area contributed by atoms with Crippen molar-refractivity contribution in [1.82, 2.24) is 4.31 Å². The van der Waals surface area contributed by atoms with E-state index in [9.17, 15) is 13.5 Å². The Hall–Kier alpha value is -2.05. The zero-order valence-corrected chi connectivity index (χ0v) is 12.8. The highest BCUT2D eigenvalue weighted by molar-refractivity contribution is 7.89. The summed E-state index contributed by atoms with van der Waals surface area (Å²) in [6.07, 6.45) is 0. The first-order chi connectivity index (χ1) is 9.82. The summed E-state index contributed by atoms with van der Waals surface area (Å²) < 4.78 is 26.4. The van der Waals surface area contributed by atoms with Gasteiger partial charge in [0, 0.05) is 24.8 Å². The van der Waals surface area contributed by atoms with Gasteiger partial charge in [-0.15, -0.1) is 0 Å². The van der Waals surface area contributed by atoms with Crippen molar-refractivity contribution in [3.8, 4) is 5.75 Å². The van der Waals surface area contributed by atoms with E-state index in [1.165, 1.54) is 23.5 Å². The number of aromatic hydroxyl groups is 1. The molecule has 2 aromatic carbocycles. The van der Waals surface area contributed by atoms with E-state index in [0.29, 0.717) is 16.8 Å². The van der Waals surface area contributed by atoms with Crippen LogP contribution in [-0.2, 0) is 16.6 Å². The largest absolute Gasteiger partial charge is 0.508 e. The highest BCUT2D eigenvalue weighted by Gasteiger charge is 2.23. The molecule has 0 aliphatic carbocycles. The van der Waals surface area contributed by atoms with Crippen LogP contribution < -0.4 is 5.73 Å². The van der Waals surface area contributed by atoms with Gasteiger partial charge in [-0.3, -0.25) is 0 Å². The molecule has 0 amide bonds. The summed E-state index contributed by atoms with van der Waals surface area (Å²) >= 11 is 0. The van der Waals surface area contributed by atoms with Gasteiger partial charge < -0.3 is 10.8 Å². The smallest absolute Gasteiger partial charge is 0.243 e. The number of hydrogen-bond acceptors (Lipinski definition) is 4. The zero-order chi connectivity index (χ0) is 15.6. The summed E-state index contributed by atoms with van der Waals surface area (Å²) in [4.78, 5) is 0.217. The molecule has 2 rings (SSSR count). The lowest BCUT2D eigenvalue weighted by Crippen LogP contribution is -2.27. The van der Waals surface area contributed by atoms with Crippen LogP contribution in [0.4, 0.5) is 5.69 Å². The molecule has 0 aromatic heterocycles. The number of anilines is 1. The fourth-order valence-corrected chi connectivity index (χ4v) is 3.45. The van der Waals surface area contributed by atoms with E-state index in [0.717, 1.165) is 0 Å². The fraction of sp³-hybridized carbons (Fsp3) is 0.200. The molecule has 6 heteroatoms. The van der Waals surface area contributed by atoms with Crippen molar-refractivity contribution in [1.29, 1.82) is 0 Å². The first-order valence-electron chi connectivity index (χ1n) is 6.41. The molecule has 0 atom stereocenters. The molecule has 0 spiro atoms. The first kappa shape index (κ1) is 15.3. The van der Waals surface area contributed by atoms with E-state index in [4.69, 9.17) is 5.73 Å². The maximum absolute atomic E-state index is 12.6. The van der Waals surface area contributed by atoms with Crippen molar-refractivity contribution in [3.63, 3.8) is 0 Å². The van der Waals surface area contributed by atoms with E-state index < -0.39 is 10.0 Å². The number of para-hydroxylation sites is 1. The van der Waals surface area contributed by atoms with Crippen molar-refractivity contribution < 1.29 is 13.5 Å². The van der Waals surface area contributed by atoms with Crippen LogP contribution in [0.15, 0.2) is 47.4 Å². The number of benzene rings is 2. The van der Waals surface area contributed by atoms with Crippen LogP contribution in [0.25, 0.3) is 0 Å². The molecule has 3 N–H and O–H groups in total. The Bertz CT molecular complexity index is 757. The van der Waals surface area contributed by atoms with Crippen molar-refractivity contribution in [3.05, 3.63) is 53.6 Å². The van der Waals surface area contributed by atoms with Crippen molar-refractivity contribution in [2.75, 3.05) is 12.8 Å². The van der Waals surface area contributed by atoms with Gasteiger partial charge >= 0.3 is 0 Å². The second-order valence-corrected chi connectivity index (χ2v) is 6.93. The van der Waals surface area contributed by atoms with Gasteiger partial charge in [0.25, 0.3) is 0 Å². The molecular formula is C15H18N2O3S. The summed E-state index contributed by atoms with van der Waals surface area (Å²) in [6.45, 7) is 1.80. The van der Waals surface area contributed by atoms with Crippen LogP contribution in [0, 0.1) is 6.92 Å². The number of nitrogens with zero attached hydrogens (tertiary/aromatic N) is 1. The predicted octanol–water partition coefficient (Wildman–Crippen LogP) is 2.10. The average Bonchev–Trinajstić information content (AvgIpc) is 2.40. The number of aryl methyl sites for hydroxylation is 1. The van der Waals surface area contributed by atoms with E-state index in [1.807, 2.05) is 0 Å². The number of sulfonamides is 1. The van der Waals surface area contributed by atoms with E-state index in [-0.39, 0.29) is 17.2 Å². The Morgan fingerprint density at radius 3 is 2.48 bits per heavy atom. The number of phenolic OH excluding ortho intramolecular Hbond substituents is 1. The van der Waals surface area contributed by atoms with E-state index in [1.54, 1.807) is 37.3 Å². The van der Waals surface area contributed by atoms with Crippen LogP contribution >= 0.6 is 0 Å². The topological polar surface area (TPSA) is 83.6 Å². The van der Waals surface area contributed by atoms with Gasteiger partial charge in [-0.1, -0.05) is 18.2 Å². The molecular weight excluding hydrogens is 288 g/mol. The quantitative estimate of drug-likeness (QED) is 0.847. The number of hydrogen-bond donors (Lipinski definition) is 2. The fourth-order valence-electron chi connectivity index (χ4n) is 2.10. The molecule has 0 unspecified atom stereocenters. The number of nitrogen functional groups attached to an aromatic ring is 1. The molecule has 0 heterocycles. The average molecular weight is 306 g/mol. The first-order valence-corrected chi connectivity index (χ1v) is 7.85. The molecule has 0 fully saturated rings. The number of rotatable bonds is 4. The van der Waals surface area contributed by atoms with Gasteiger partial charge in [-0.05, 0) is 36.8 Å². The summed E-state index contributed by atoms with van der Waals surface area (Å²) in [6, 6.07) is 11.4. The number of nitrogens with two attached hydrogens (primary N) is 1. The normalized spacial score (nSPS) is 11.8. The Morgan fingerprint density at radius 1 is 1.19 bits per heavy atom. The van der Waals surface area contributed by atoms with Gasteiger partial charge in [0.15, 0.2) is 0 Å². The molecule has 0 saturated heterocycles. The van der Waals surface area contributed by atoms with E-state index >= 15 is 0 Å². The lowest BCUT2D eigenvalue weighted by molar-refractivity contribution is 0.435. The third kappa shape index (κ3) is 3.17. The Kier molecular flexibility index (Phi) is 4.20. The third-order valence-corrected chi connectivity index (χ3v) is 5.24. The third-order valence-electron chi connectivity index (χ3n) is 3.27. The maximum atomic E-state index is 12.6. The van der Waals surface area contributed by atoms with Crippen LogP contribution in [0.1, 0.15) is 11.1 Å². The standard InChI is InChI=1S/C15H18N2O3S/c1-11-9-13(16)7-8-15(11)21(19,20)17(2)10-12-5-3-4-6-14(12)18/h3-9,18H,10,16H2,1-2H3. The monoisotopic (exact) mass is 306 g/mol. The van der Waals surface area contributed by atoms with E-state index in [2.05, 4.69) is 0 Å². The predicted molar refractivity (Wildman–Crippen MR) is 82.4 cm³/mol.